The van der Waals surface area contributed by atoms with Gasteiger partial charge in [-0.15, -0.1) is 0 Å². The Hall–Kier alpha value is -2.44. The molecule has 168 valence electrons. The third-order valence-electron chi connectivity index (χ3n) is 7.46. The molecule has 1 aromatic rings. The van der Waals surface area contributed by atoms with Gasteiger partial charge < -0.3 is 10.2 Å². The van der Waals surface area contributed by atoms with Gasteiger partial charge in [-0.1, -0.05) is 32.1 Å². The number of nitrogens with one attached hydrogen (secondary N) is 2. The van der Waals surface area contributed by atoms with Crippen molar-refractivity contribution in [2.75, 3.05) is 20.1 Å². The zero-order valence-corrected chi connectivity index (χ0v) is 18.6. The van der Waals surface area contributed by atoms with Crippen molar-refractivity contribution in [3.8, 4) is 0 Å². The van der Waals surface area contributed by atoms with E-state index in [1.54, 1.807) is 25.5 Å². The van der Waals surface area contributed by atoms with Crippen molar-refractivity contribution in [2.45, 2.75) is 69.7 Å². The van der Waals surface area contributed by atoms with Gasteiger partial charge in [0, 0.05) is 32.5 Å². The van der Waals surface area contributed by atoms with Crippen molar-refractivity contribution in [3.63, 3.8) is 0 Å². The standard InChI is InChI=1S/C24H35N5O2/c1-28-22(31)24(27-23(28)25,12-11-18-7-3-2-4-8-18)15-19-9-6-14-29(17-19)21(30)20-10-5-13-26-16-20/h5,10,13,16,18-19H,2-4,6-9,11-12,14-15,17H2,1H3,(H2,25,27)/t19-,24-/m0/s1. The number of carbonyl (C=O) groups is 2. The summed E-state index contributed by atoms with van der Waals surface area (Å²) >= 11 is 0. The summed E-state index contributed by atoms with van der Waals surface area (Å²) in [5, 5.41) is 11.5. The summed E-state index contributed by atoms with van der Waals surface area (Å²) in [4.78, 5) is 33.6. The Morgan fingerprint density at radius 3 is 2.68 bits per heavy atom. The summed E-state index contributed by atoms with van der Waals surface area (Å²) in [6.07, 6.45) is 14.2. The van der Waals surface area contributed by atoms with E-state index in [0.29, 0.717) is 24.4 Å². The fourth-order valence-electron chi connectivity index (χ4n) is 5.70. The molecule has 7 heteroatoms. The van der Waals surface area contributed by atoms with Crippen LogP contribution in [0.1, 0.15) is 74.6 Å². The van der Waals surface area contributed by atoms with Crippen molar-refractivity contribution in [1.82, 2.24) is 20.1 Å². The fraction of sp³-hybridized carbons (Fsp3) is 0.667. The van der Waals surface area contributed by atoms with E-state index < -0.39 is 5.54 Å². The molecule has 1 aromatic heterocycles. The largest absolute Gasteiger partial charge is 0.342 e. The minimum Gasteiger partial charge on any atom is -0.342 e. The van der Waals surface area contributed by atoms with Gasteiger partial charge in [0.15, 0.2) is 5.96 Å². The zero-order valence-electron chi connectivity index (χ0n) is 18.6. The number of rotatable bonds is 6. The molecule has 0 spiro atoms. The van der Waals surface area contributed by atoms with Crippen LogP contribution in [0, 0.1) is 17.2 Å². The van der Waals surface area contributed by atoms with Crippen LogP contribution in [-0.2, 0) is 4.79 Å². The van der Waals surface area contributed by atoms with Crippen LogP contribution in [0.15, 0.2) is 24.5 Å². The molecule has 0 bridgehead atoms. The van der Waals surface area contributed by atoms with E-state index in [1.807, 2.05) is 11.0 Å². The number of hydrogen-bond donors (Lipinski definition) is 2. The number of guanidine groups is 1. The zero-order chi connectivity index (χ0) is 21.8. The predicted octanol–water partition coefficient (Wildman–Crippen LogP) is 3.42. The molecule has 2 amide bonds. The number of carbonyl (C=O) groups excluding carboxylic acids is 2. The van der Waals surface area contributed by atoms with E-state index in [4.69, 9.17) is 5.41 Å². The number of pyridine rings is 1. The molecule has 1 saturated carbocycles. The van der Waals surface area contributed by atoms with Gasteiger partial charge >= 0.3 is 0 Å². The molecule has 2 N–H and O–H groups in total. The molecule has 0 radical (unpaired) electrons. The maximum absolute atomic E-state index is 13.3. The van der Waals surface area contributed by atoms with Gasteiger partial charge in [-0.25, -0.2) is 0 Å². The lowest BCUT2D eigenvalue weighted by Crippen LogP contribution is -2.51. The van der Waals surface area contributed by atoms with Crippen molar-refractivity contribution >= 4 is 17.8 Å². The van der Waals surface area contributed by atoms with Gasteiger partial charge in [0.1, 0.15) is 5.54 Å². The summed E-state index contributed by atoms with van der Waals surface area (Å²) in [6.45, 7) is 1.40. The molecular weight excluding hydrogens is 390 g/mol. The first-order chi connectivity index (χ1) is 15.0. The number of piperidine rings is 1. The van der Waals surface area contributed by atoms with Crippen molar-refractivity contribution < 1.29 is 9.59 Å². The molecule has 0 aromatic carbocycles. The predicted molar refractivity (Wildman–Crippen MR) is 120 cm³/mol. The molecule has 0 unspecified atom stereocenters. The molecule has 3 fully saturated rings. The molecule has 3 aliphatic rings. The second kappa shape index (κ2) is 9.37. The minimum atomic E-state index is -0.700. The van der Waals surface area contributed by atoms with Gasteiger partial charge in [0.2, 0.25) is 0 Å². The normalized spacial score (nSPS) is 27.5. The summed E-state index contributed by atoms with van der Waals surface area (Å²) in [7, 11) is 1.69. The number of nitrogens with zero attached hydrogens (tertiary/aromatic N) is 3. The first-order valence-corrected chi connectivity index (χ1v) is 11.8. The fourth-order valence-corrected chi connectivity index (χ4v) is 5.70. The molecule has 2 aliphatic heterocycles. The molecule has 7 nitrogen and oxygen atoms in total. The highest BCUT2D eigenvalue weighted by molar-refractivity contribution is 6.07. The van der Waals surface area contributed by atoms with Crippen molar-refractivity contribution in [2.24, 2.45) is 11.8 Å². The highest BCUT2D eigenvalue weighted by Crippen LogP contribution is 2.36. The second-order valence-electron chi connectivity index (χ2n) is 9.67. The van der Waals surface area contributed by atoms with E-state index in [2.05, 4.69) is 10.3 Å². The van der Waals surface area contributed by atoms with Crippen LogP contribution in [0.25, 0.3) is 0 Å². The molecule has 1 aliphatic carbocycles. The van der Waals surface area contributed by atoms with Crippen LogP contribution < -0.4 is 5.32 Å². The summed E-state index contributed by atoms with van der Waals surface area (Å²) in [5.41, 5.74) is -0.0827. The van der Waals surface area contributed by atoms with E-state index >= 15 is 0 Å². The Labute approximate surface area is 185 Å². The van der Waals surface area contributed by atoms with Gasteiger partial charge in [-0.3, -0.25) is 24.9 Å². The van der Waals surface area contributed by atoms with E-state index in [-0.39, 0.29) is 23.7 Å². The number of likely N-dealkylation sites (tertiary alicyclic amines) is 1. The van der Waals surface area contributed by atoms with Crippen LogP contribution in [0.4, 0.5) is 0 Å². The Balaban J connectivity index is 1.45. The Bertz CT molecular complexity index is 807. The maximum Gasteiger partial charge on any atom is 0.255 e. The lowest BCUT2D eigenvalue weighted by molar-refractivity contribution is -0.131. The highest BCUT2D eigenvalue weighted by atomic mass is 16.2. The monoisotopic (exact) mass is 425 g/mol. The molecule has 31 heavy (non-hydrogen) atoms. The number of aromatic nitrogens is 1. The van der Waals surface area contributed by atoms with Crippen molar-refractivity contribution in [3.05, 3.63) is 30.1 Å². The number of hydrogen-bond acceptors (Lipinski definition) is 4. The molecule has 2 saturated heterocycles. The molecule has 3 heterocycles. The molecule has 2 atom stereocenters. The summed E-state index contributed by atoms with van der Waals surface area (Å²) < 4.78 is 0. The van der Waals surface area contributed by atoms with Crippen LogP contribution in [0.2, 0.25) is 0 Å². The van der Waals surface area contributed by atoms with E-state index in [9.17, 15) is 9.59 Å². The third kappa shape index (κ3) is 4.75. The molecule has 4 rings (SSSR count). The maximum atomic E-state index is 13.3. The average Bonchev–Trinajstić information content (AvgIpc) is 3.02. The lowest BCUT2D eigenvalue weighted by Gasteiger charge is -2.38. The van der Waals surface area contributed by atoms with E-state index in [0.717, 1.165) is 32.2 Å². The number of likely N-dealkylation sites (N-methyl/N-ethyl adjacent to an activating group) is 1. The summed E-state index contributed by atoms with van der Waals surface area (Å²) in [6, 6.07) is 3.60. The Morgan fingerprint density at radius 1 is 1.23 bits per heavy atom. The minimum absolute atomic E-state index is 0.0176. The average molecular weight is 426 g/mol. The van der Waals surface area contributed by atoms with Crippen LogP contribution >= 0.6 is 0 Å². The van der Waals surface area contributed by atoms with Crippen molar-refractivity contribution in [1.29, 1.82) is 5.41 Å². The van der Waals surface area contributed by atoms with Gasteiger partial charge in [-0.2, -0.15) is 0 Å². The lowest BCUT2D eigenvalue weighted by atomic mass is 9.77. The molecular formula is C24H35N5O2. The van der Waals surface area contributed by atoms with Gasteiger partial charge in [-0.05, 0) is 56.1 Å². The topological polar surface area (TPSA) is 89.4 Å². The quantitative estimate of drug-likeness (QED) is 0.731. The van der Waals surface area contributed by atoms with Gasteiger partial charge in [0.25, 0.3) is 11.8 Å². The van der Waals surface area contributed by atoms with Gasteiger partial charge in [0.05, 0.1) is 5.56 Å². The first kappa shape index (κ1) is 21.8. The Morgan fingerprint density at radius 2 is 2.00 bits per heavy atom. The highest BCUT2D eigenvalue weighted by Gasteiger charge is 2.49. The first-order valence-electron chi connectivity index (χ1n) is 11.8. The third-order valence-corrected chi connectivity index (χ3v) is 7.46. The second-order valence-corrected chi connectivity index (χ2v) is 9.67. The van der Waals surface area contributed by atoms with Crippen LogP contribution in [0.3, 0.4) is 0 Å². The Kier molecular flexibility index (Phi) is 6.58. The SMILES string of the molecule is CN1C(=N)N[C@@](CCC2CCCCC2)(C[C@@H]2CCCN(C(=O)c3cccnc3)C2)C1=O. The van der Waals surface area contributed by atoms with Crippen LogP contribution in [-0.4, -0.2) is 58.2 Å². The van der Waals surface area contributed by atoms with Crippen LogP contribution in [0.5, 0.6) is 0 Å². The smallest absolute Gasteiger partial charge is 0.255 e. The number of amides is 2. The summed E-state index contributed by atoms with van der Waals surface area (Å²) in [5.74, 6) is 1.17. The van der Waals surface area contributed by atoms with E-state index in [1.165, 1.54) is 37.0 Å².